The van der Waals surface area contributed by atoms with Crippen LogP contribution in [0.3, 0.4) is 0 Å². The molecule has 0 aliphatic carbocycles. The van der Waals surface area contributed by atoms with E-state index in [0.29, 0.717) is 13.0 Å². The molecule has 1 fully saturated rings. The second-order valence-corrected chi connectivity index (χ2v) is 6.30. The van der Waals surface area contributed by atoms with Crippen molar-refractivity contribution >= 4 is 11.7 Å². The van der Waals surface area contributed by atoms with Crippen LogP contribution in [0, 0.1) is 0 Å². The van der Waals surface area contributed by atoms with Gasteiger partial charge in [0, 0.05) is 37.8 Å². The van der Waals surface area contributed by atoms with E-state index in [2.05, 4.69) is 33.4 Å². The molecule has 126 valence electrons. The van der Waals surface area contributed by atoms with Crippen LogP contribution in [-0.2, 0) is 17.8 Å². The third-order valence-corrected chi connectivity index (χ3v) is 4.48. The van der Waals surface area contributed by atoms with Gasteiger partial charge in [0.25, 0.3) is 0 Å². The Morgan fingerprint density at radius 1 is 1.04 bits per heavy atom. The van der Waals surface area contributed by atoms with Crippen LogP contribution >= 0.6 is 0 Å². The minimum absolute atomic E-state index is 0.0901. The van der Waals surface area contributed by atoms with E-state index in [9.17, 15) is 4.79 Å². The topological polar surface area (TPSA) is 45.2 Å². The molecular weight excluding hydrogens is 298 g/mol. The summed E-state index contributed by atoms with van der Waals surface area (Å²) in [4.78, 5) is 19.0. The van der Waals surface area contributed by atoms with E-state index in [1.807, 2.05) is 30.5 Å². The molecule has 1 saturated heterocycles. The third kappa shape index (κ3) is 4.57. The average Bonchev–Trinajstić information content (AvgIpc) is 2.66. The normalized spacial score (nSPS) is 14.4. The molecule has 2 heterocycles. The minimum Gasteiger partial charge on any atom is -0.356 e. The van der Waals surface area contributed by atoms with Gasteiger partial charge in [-0.05, 0) is 37.3 Å². The minimum atomic E-state index is 0.0901. The van der Waals surface area contributed by atoms with Gasteiger partial charge in [-0.25, -0.2) is 4.98 Å². The van der Waals surface area contributed by atoms with Gasteiger partial charge in [0.1, 0.15) is 5.82 Å². The second kappa shape index (κ2) is 8.48. The quantitative estimate of drug-likeness (QED) is 0.887. The van der Waals surface area contributed by atoms with Crippen molar-refractivity contribution in [3.8, 4) is 0 Å². The Balaban J connectivity index is 1.53. The van der Waals surface area contributed by atoms with Crippen molar-refractivity contribution in [1.82, 2.24) is 10.3 Å². The second-order valence-electron chi connectivity index (χ2n) is 6.30. The maximum atomic E-state index is 12.1. The first-order valence-electron chi connectivity index (χ1n) is 8.82. The SMILES string of the molecule is O=C(CCc1ccccc1)NCc1cccnc1N1CCCCC1. The maximum absolute atomic E-state index is 12.1. The van der Waals surface area contributed by atoms with Gasteiger partial charge < -0.3 is 10.2 Å². The smallest absolute Gasteiger partial charge is 0.220 e. The number of amides is 1. The largest absolute Gasteiger partial charge is 0.356 e. The number of carbonyl (C=O) groups is 1. The van der Waals surface area contributed by atoms with Gasteiger partial charge in [-0.15, -0.1) is 0 Å². The van der Waals surface area contributed by atoms with Crippen molar-refractivity contribution in [2.45, 2.75) is 38.6 Å². The molecule has 0 radical (unpaired) electrons. The molecule has 0 unspecified atom stereocenters. The van der Waals surface area contributed by atoms with E-state index in [-0.39, 0.29) is 5.91 Å². The molecule has 4 heteroatoms. The summed E-state index contributed by atoms with van der Waals surface area (Å²) in [6.45, 7) is 2.67. The number of rotatable bonds is 6. The van der Waals surface area contributed by atoms with E-state index in [0.717, 1.165) is 30.9 Å². The Morgan fingerprint density at radius 2 is 1.83 bits per heavy atom. The molecule has 0 saturated carbocycles. The summed E-state index contributed by atoms with van der Waals surface area (Å²) in [5.41, 5.74) is 2.30. The zero-order valence-electron chi connectivity index (χ0n) is 14.1. The molecular formula is C20H25N3O. The molecule has 2 aromatic rings. The Kier molecular flexibility index (Phi) is 5.83. The van der Waals surface area contributed by atoms with Gasteiger partial charge in [-0.2, -0.15) is 0 Å². The molecule has 24 heavy (non-hydrogen) atoms. The number of aryl methyl sites for hydroxylation is 1. The summed E-state index contributed by atoms with van der Waals surface area (Å²) in [7, 11) is 0. The Hall–Kier alpha value is -2.36. The summed E-state index contributed by atoms with van der Waals surface area (Å²) >= 11 is 0. The van der Waals surface area contributed by atoms with E-state index in [4.69, 9.17) is 0 Å². The van der Waals surface area contributed by atoms with Crippen LogP contribution in [0.15, 0.2) is 48.7 Å². The van der Waals surface area contributed by atoms with Crippen LogP contribution in [0.2, 0.25) is 0 Å². The predicted octanol–water partition coefficient (Wildman–Crippen LogP) is 3.32. The fourth-order valence-electron chi connectivity index (χ4n) is 3.14. The molecule has 4 nitrogen and oxygen atoms in total. The highest BCUT2D eigenvalue weighted by atomic mass is 16.1. The van der Waals surface area contributed by atoms with Crippen LogP contribution in [0.5, 0.6) is 0 Å². The van der Waals surface area contributed by atoms with Crippen molar-refractivity contribution in [3.05, 3.63) is 59.8 Å². The van der Waals surface area contributed by atoms with E-state index in [1.165, 1.54) is 24.8 Å². The highest BCUT2D eigenvalue weighted by molar-refractivity contribution is 5.76. The van der Waals surface area contributed by atoms with Gasteiger partial charge in [-0.1, -0.05) is 36.4 Å². The number of aromatic nitrogens is 1. The van der Waals surface area contributed by atoms with Crippen molar-refractivity contribution in [2.24, 2.45) is 0 Å². The molecule has 1 amide bonds. The monoisotopic (exact) mass is 323 g/mol. The lowest BCUT2D eigenvalue weighted by Crippen LogP contribution is -2.32. The zero-order chi connectivity index (χ0) is 16.6. The van der Waals surface area contributed by atoms with Crippen LogP contribution in [-0.4, -0.2) is 24.0 Å². The van der Waals surface area contributed by atoms with Crippen molar-refractivity contribution < 1.29 is 4.79 Å². The maximum Gasteiger partial charge on any atom is 0.220 e. The number of hydrogen-bond donors (Lipinski definition) is 1. The Labute approximate surface area is 143 Å². The van der Waals surface area contributed by atoms with Gasteiger partial charge in [0.2, 0.25) is 5.91 Å². The lowest BCUT2D eigenvalue weighted by Gasteiger charge is -2.29. The van der Waals surface area contributed by atoms with Gasteiger partial charge in [-0.3, -0.25) is 4.79 Å². The number of carbonyl (C=O) groups excluding carboxylic acids is 1. The summed E-state index contributed by atoms with van der Waals surface area (Å²) in [6, 6.07) is 14.1. The zero-order valence-corrected chi connectivity index (χ0v) is 14.1. The number of nitrogens with one attached hydrogen (secondary N) is 1. The highest BCUT2D eigenvalue weighted by Crippen LogP contribution is 2.21. The first-order chi connectivity index (χ1) is 11.8. The van der Waals surface area contributed by atoms with Gasteiger partial charge in [0.15, 0.2) is 0 Å². The van der Waals surface area contributed by atoms with Crippen molar-refractivity contribution in [1.29, 1.82) is 0 Å². The summed E-state index contributed by atoms with van der Waals surface area (Å²) in [6.07, 6.45) is 6.88. The van der Waals surface area contributed by atoms with Crippen LogP contribution in [0.25, 0.3) is 0 Å². The third-order valence-electron chi connectivity index (χ3n) is 4.48. The van der Waals surface area contributed by atoms with E-state index < -0.39 is 0 Å². The van der Waals surface area contributed by atoms with Gasteiger partial charge >= 0.3 is 0 Å². The Morgan fingerprint density at radius 3 is 2.62 bits per heavy atom. The molecule has 1 aromatic heterocycles. The first-order valence-corrected chi connectivity index (χ1v) is 8.82. The van der Waals surface area contributed by atoms with E-state index >= 15 is 0 Å². The first kappa shape index (κ1) is 16.5. The van der Waals surface area contributed by atoms with Crippen molar-refractivity contribution in [2.75, 3.05) is 18.0 Å². The van der Waals surface area contributed by atoms with Crippen LogP contribution in [0.4, 0.5) is 5.82 Å². The molecule has 0 bridgehead atoms. The van der Waals surface area contributed by atoms with Gasteiger partial charge in [0.05, 0.1) is 0 Å². The summed E-state index contributed by atoms with van der Waals surface area (Å²) < 4.78 is 0. The predicted molar refractivity (Wildman–Crippen MR) is 96.9 cm³/mol. The number of nitrogens with zero attached hydrogens (tertiary/aromatic N) is 2. The van der Waals surface area contributed by atoms with Crippen LogP contribution in [0.1, 0.15) is 36.8 Å². The van der Waals surface area contributed by atoms with Crippen molar-refractivity contribution in [3.63, 3.8) is 0 Å². The molecule has 3 rings (SSSR count). The molecule has 0 spiro atoms. The summed E-state index contributed by atoms with van der Waals surface area (Å²) in [5.74, 6) is 1.12. The molecule has 1 aromatic carbocycles. The molecule has 1 aliphatic heterocycles. The summed E-state index contributed by atoms with van der Waals surface area (Å²) in [5, 5.41) is 3.04. The lowest BCUT2D eigenvalue weighted by atomic mass is 10.1. The number of pyridine rings is 1. The lowest BCUT2D eigenvalue weighted by molar-refractivity contribution is -0.121. The fourth-order valence-corrected chi connectivity index (χ4v) is 3.14. The molecule has 1 aliphatic rings. The van der Waals surface area contributed by atoms with E-state index in [1.54, 1.807) is 0 Å². The standard InChI is InChI=1S/C20H25N3O/c24-19(12-11-17-8-3-1-4-9-17)22-16-18-10-7-13-21-20(18)23-14-5-2-6-15-23/h1,3-4,7-10,13H,2,5-6,11-12,14-16H2,(H,22,24). The Bertz CT molecular complexity index is 651. The fraction of sp³-hybridized carbons (Fsp3) is 0.400. The molecule has 1 N–H and O–H groups in total. The molecule has 0 atom stereocenters. The average molecular weight is 323 g/mol. The number of hydrogen-bond acceptors (Lipinski definition) is 3. The highest BCUT2D eigenvalue weighted by Gasteiger charge is 2.15. The number of piperidine rings is 1. The number of benzene rings is 1. The number of anilines is 1. The van der Waals surface area contributed by atoms with Crippen LogP contribution < -0.4 is 10.2 Å².